The van der Waals surface area contributed by atoms with Crippen molar-refractivity contribution in [2.45, 2.75) is 9.79 Å². The van der Waals surface area contributed by atoms with Gasteiger partial charge in [0, 0.05) is 40.5 Å². The molecule has 0 amide bonds. The predicted molar refractivity (Wildman–Crippen MR) is 102 cm³/mol. The summed E-state index contributed by atoms with van der Waals surface area (Å²) in [6.07, 6.45) is 0. The van der Waals surface area contributed by atoms with Crippen LogP contribution in [0.5, 0.6) is 5.75 Å². The molecular formula is C16H10N2NaO8S2. The Morgan fingerprint density at radius 1 is 0.897 bits per heavy atom. The van der Waals surface area contributed by atoms with Gasteiger partial charge in [-0.05, 0) is 36.4 Å². The first-order chi connectivity index (χ1) is 13.0. The molecule has 0 saturated carbocycles. The van der Waals surface area contributed by atoms with Crippen LogP contribution in [-0.4, -0.2) is 77.1 Å². The van der Waals surface area contributed by atoms with Crippen molar-refractivity contribution in [1.82, 2.24) is 4.98 Å². The monoisotopic (exact) mass is 445 g/mol. The van der Waals surface area contributed by atoms with Crippen LogP contribution in [0, 0.1) is 0 Å². The molecule has 3 aromatic rings. The molecule has 2 aromatic carbocycles. The summed E-state index contributed by atoms with van der Waals surface area (Å²) in [6, 6.07) is 6.73. The summed E-state index contributed by atoms with van der Waals surface area (Å²) in [7, 11) is -9.02. The molecule has 1 aromatic heterocycles. The summed E-state index contributed by atoms with van der Waals surface area (Å²) in [5.74, 6) is -1.16. The van der Waals surface area contributed by atoms with Crippen molar-refractivity contribution in [2.24, 2.45) is 4.99 Å². The van der Waals surface area contributed by atoms with Crippen LogP contribution in [0.1, 0.15) is 16.1 Å². The minimum absolute atomic E-state index is 0. The summed E-state index contributed by atoms with van der Waals surface area (Å²) < 4.78 is 63.4. The second-order valence-corrected chi connectivity index (χ2v) is 8.82. The third-order valence-corrected chi connectivity index (χ3v) is 5.93. The van der Waals surface area contributed by atoms with E-state index in [9.17, 15) is 26.7 Å². The van der Waals surface area contributed by atoms with Crippen molar-refractivity contribution >= 4 is 77.9 Å². The number of hydrogen-bond donors (Lipinski definition) is 4. The normalized spacial score (nSPS) is 13.9. The van der Waals surface area contributed by atoms with Gasteiger partial charge in [-0.15, -0.1) is 0 Å². The third-order valence-electron chi connectivity index (χ3n) is 4.24. The number of nitrogens with one attached hydrogen (secondary N) is 1. The molecular weight excluding hydrogens is 435 g/mol. The standard InChI is InChI=1S/C16H10N2O8S2.Na/c19-15-9-5-7(27(21,22)23)1-3-11(9)17-13(15)14-16(20)10-6-8(28(24,25)26)2-4-12(10)18-14;/h1-6,17,19H,(H,21,22,23)(H,24,25,26);. The van der Waals surface area contributed by atoms with Crippen LogP contribution in [0.15, 0.2) is 51.2 Å². The summed E-state index contributed by atoms with van der Waals surface area (Å²) in [6.45, 7) is 0. The second-order valence-electron chi connectivity index (χ2n) is 5.97. The zero-order chi connectivity index (χ0) is 20.4. The molecule has 0 spiro atoms. The van der Waals surface area contributed by atoms with Crippen molar-refractivity contribution in [3.05, 3.63) is 47.7 Å². The number of aromatic hydroxyl groups is 1. The minimum atomic E-state index is -4.52. The van der Waals surface area contributed by atoms with Crippen molar-refractivity contribution in [1.29, 1.82) is 0 Å². The van der Waals surface area contributed by atoms with Crippen LogP contribution in [0.4, 0.5) is 5.69 Å². The fraction of sp³-hybridized carbons (Fsp3) is 0. The average Bonchev–Trinajstić information content (AvgIpc) is 3.10. The van der Waals surface area contributed by atoms with Gasteiger partial charge >= 0.3 is 0 Å². The average molecular weight is 445 g/mol. The first-order valence-corrected chi connectivity index (χ1v) is 10.4. The smallest absolute Gasteiger partial charge is 0.294 e. The summed E-state index contributed by atoms with van der Waals surface area (Å²) in [5.41, 5.74) is 0.0255. The van der Waals surface area contributed by atoms with E-state index in [1.54, 1.807) is 0 Å². The number of H-pyrrole nitrogens is 1. The molecule has 4 N–H and O–H groups in total. The van der Waals surface area contributed by atoms with Crippen molar-refractivity contribution in [2.75, 3.05) is 0 Å². The number of Topliss-reactive ketones (excluding diaryl/α,β-unsaturated/α-hetero) is 1. The van der Waals surface area contributed by atoms with Gasteiger partial charge < -0.3 is 10.1 Å². The van der Waals surface area contributed by atoms with Gasteiger partial charge in [-0.2, -0.15) is 16.8 Å². The topological polar surface area (TPSA) is 174 Å². The molecule has 0 unspecified atom stereocenters. The Balaban J connectivity index is 0.00000240. The molecule has 13 heteroatoms. The molecule has 2 heterocycles. The van der Waals surface area contributed by atoms with Gasteiger partial charge in [0.05, 0.1) is 21.0 Å². The Morgan fingerprint density at radius 2 is 1.48 bits per heavy atom. The van der Waals surface area contributed by atoms with Crippen LogP contribution in [0.3, 0.4) is 0 Å². The van der Waals surface area contributed by atoms with Crippen LogP contribution in [0.2, 0.25) is 0 Å². The van der Waals surface area contributed by atoms with E-state index in [1.165, 1.54) is 12.1 Å². The Bertz CT molecular complexity index is 1440. The number of hydrogen-bond acceptors (Lipinski definition) is 7. The van der Waals surface area contributed by atoms with E-state index in [2.05, 4.69) is 9.98 Å². The van der Waals surface area contributed by atoms with E-state index >= 15 is 0 Å². The van der Waals surface area contributed by atoms with Gasteiger partial charge in [-0.3, -0.25) is 13.9 Å². The molecule has 4 rings (SSSR count). The van der Waals surface area contributed by atoms with E-state index in [4.69, 9.17) is 9.11 Å². The van der Waals surface area contributed by atoms with Gasteiger partial charge in [-0.25, -0.2) is 4.99 Å². The van der Waals surface area contributed by atoms with Crippen LogP contribution in [0.25, 0.3) is 10.9 Å². The molecule has 0 atom stereocenters. The number of aromatic nitrogens is 1. The van der Waals surface area contributed by atoms with Crippen LogP contribution < -0.4 is 0 Å². The molecule has 0 aliphatic carbocycles. The molecule has 0 bridgehead atoms. The van der Waals surface area contributed by atoms with E-state index in [0.29, 0.717) is 0 Å². The number of fused-ring (bicyclic) bond motifs is 2. The number of benzene rings is 2. The number of ketones is 1. The fourth-order valence-corrected chi connectivity index (χ4v) is 3.93. The van der Waals surface area contributed by atoms with Gasteiger partial charge in [0.25, 0.3) is 20.2 Å². The zero-order valence-electron chi connectivity index (χ0n) is 14.6. The first-order valence-electron chi connectivity index (χ1n) is 7.54. The summed E-state index contributed by atoms with van der Waals surface area (Å²) in [4.78, 5) is 18.6. The molecule has 1 aliphatic rings. The Kier molecular flexibility index (Phi) is 5.24. The van der Waals surface area contributed by atoms with Gasteiger partial charge in [0.15, 0.2) is 5.75 Å². The Labute approximate surface area is 186 Å². The van der Waals surface area contributed by atoms with Crippen molar-refractivity contribution in [3.8, 4) is 5.75 Å². The molecule has 1 aliphatic heterocycles. The number of nitrogens with zero attached hydrogens (tertiary/aromatic N) is 1. The third kappa shape index (κ3) is 3.64. The van der Waals surface area contributed by atoms with E-state index in [0.717, 1.165) is 24.3 Å². The Morgan fingerprint density at radius 3 is 2.10 bits per heavy atom. The molecule has 0 saturated heterocycles. The maximum absolute atomic E-state index is 12.7. The molecule has 10 nitrogen and oxygen atoms in total. The quantitative estimate of drug-likeness (QED) is 0.345. The zero-order valence-corrected chi connectivity index (χ0v) is 18.2. The number of aliphatic imine (C=N–C) groups is 1. The molecule has 145 valence electrons. The summed E-state index contributed by atoms with van der Waals surface area (Å²) in [5, 5.41) is 10.5. The number of aromatic amines is 1. The Hall–Kier alpha value is -2.06. The minimum Gasteiger partial charge on any atom is -0.505 e. The van der Waals surface area contributed by atoms with Gasteiger partial charge in [0.1, 0.15) is 11.4 Å². The number of carbonyl (C=O) groups excluding carboxylic acids is 1. The number of rotatable bonds is 3. The fourth-order valence-electron chi connectivity index (χ4n) is 2.91. The van der Waals surface area contributed by atoms with E-state index < -0.39 is 41.6 Å². The van der Waals surface area contributed by atoms with Crippen molar-refractivity contribution in [3.63, 3.8) is 0 Å². The molecule has 29 heavy (non-hydrogen) atoms. The molecule has 1 radical (unpaired) electrons. The number of carbonyl (C=O) groups is 1. The maximum Gasteiger partial charge on any atom is 0.294 e. The maximum atomic E-state index is 12.7. The molecule has 0 fully saturated rings. The van der Waals surface area contributed by atoms with Gasteiger partial charge in [-0.1, -0.05) is 0 Å². The largest absolute Gasteiger partial charge is 0.505 e. The summed E-state index contributed by atoms with van der Waals surface area (Å²) >= 11 is 0. The SMILES string of the molecule is O=C1C(c2[nH]c3ccc(S(=O)(=O)O)cc3c2O)=Nc2ccc(S(=O)(=O)O)cc21.[Na]. The van der Waals surface area contributed by atoms with Crippen molar-refractivity contribution < 1.29 is 35.8 Å². The second kappa shape index (κ2) is 7.02. The van der Waals surface area contributed by atoms with E-state index in [-0.39, 0.29) is 63.1 Å². The first kappa shape index (κ1) is 21.6. The van der Waals surface area contributed by atoms with Crippen LogP contribution >= 0.6 is 0 Å². The predicted octanol–water partition coefficient (Wildman–Crippen LogP) is 1.30. The van der Waals surface area contributed by atoms with E-state index in [1.807, 2.05) is 0 Å². The van der Waals surface area contributed by atoms with Crippen LogP contribution in [-0.2, 0) is 20.2 Å². The van der Waals surface area contributed by atoms with Gasteiger partial charge in [0.2, 0.25) is 5.78 Å².